The van der Waals surface area contributed by atoms with E-state index in [1.54, 1.807) is 0 Å². The van der Waals surface area contributed by atoms with Crippen LogP contribution in [0.4, 0.5) is 0 Å². The maximum Gasteiger partial charge on any atom is 0.0354 e. The second-order valence-corrected chi connectivity index (χ2v) is 6.79. The summed E-state index contributed by atoms with van der Waals surface area (Å²) in [6.07, 6.45) is 3.77. The van der Waals surface area contributed by atoms with Crippen molar-refractivity contribution in [3.05, 3.63) is 52.0 Å². The molecular weight excluding hydrogens is 278 g/mol. The number of pyridine rings is 1. The van der Waals surface area contributed by atoms with E-state index in [0.717, 1.165) is 19.6 Å². The Labute approximate surface area is 131 Å². The van der Waals surface area contributed by atoms with Crippen molar-refractivity contribution in [3.8, 4) is 0 Å². The molecule has 1 aliphatic heterocycles. The van der Waals surface area contributed by atoms with Crippen LogP contribution in [-0.2, 0) is 13.1 Å². The number of hydrogen-bond donors (Lipinski definition) is 0. The molecule has 2 aromatic rings. The van der Waals surface area contributed by atoms with Crippen LogP contribution in [0.15, 0.2) is 36.0 Å². The Bertz CT molecular complexity index is 560. The number of likely N-dealkylation sites (tertiary alicyclic amines) is 1. The standard InChI is InChI=1S/C17H23N3S/c1-3-20(10-15-4-7-18-8-5-15)16-11-19(12-16)13-17-14(2)6-9-21-17/h4-9,16H,3,10-13H2,1-2H3. The molecule has 2 aromatic heterocycles. The molecule has 0 N–H and O–H groups in total. The van der Waals surface area contributed by atoms with Crippen LogP contribution < -0.4 is 0 Å². The summed E-state index contributed by atoms with van der Waals surface area (Å²) in [5.74, 6) is 0. The molecule has 3 nitrogen and oxygen atoms in total. The first-order chi connectivity index (χ1) is 10.3. The molecule has 0 saturated carbocycles. The number of aromatic nitrogens is 1. The van der Waals surface area contributed by atoms with Gasteiger partial charge in [0.25, 0.3) is 0 Å². The van der Waals surface area contributed by atoms with E-state index in [1.165, 1.54) is 29.1 Å². The molecule has 0 atom stereocenters. The average molecular weight is 301 g/mol. The number of hydrogen-bond acceptors (Lipinski definition) is 4. The zero-order valence-electron chi connectivity index (χ0n) is 12.8. The van der Waals surface area contributed by atoms with Crippen LogP contribution in [0.1, 0.15) is 22.9 Å². The lowest BCUT2D eigenvalue weighted by Gasteiger charge is -2.45. The number of nitrogens with zero attached hydrogens (tertiary/aromatic N) is 3. The van der Waals surface area contributed by atoms with Gasteiger partial charge in [0.1, 0.15) is 0 Å². The zero-order valence-corrected chi connectivity index (χ0v) is 13.6. The third kappa shape index (κ3) is 3.51. The van der Waals surface area contributed by atoms with Gasteiger partial charge in [0.05, 0.1) is 0 Å². The molecular formula is C17H23N3S. The summed E-state index contributed by atoms with van der Waals surface area (Å²) < 4.78 is 0. The van der Waals surface area contributed by atoms with Crippen molar-refractivity contribution in [3.63, 3.8) is 0 Å². The summed E-state index contributed by atoms with van der Waals surface area (Å²) in [6, 6.07) is 7.16. The van der Waals surface area contributed by atoms with Gasteiger partial charge in [0, 0.05) is 49.5 Å². The van der Waals surface area contributed by atoms with Crippen LogP contribution in [-0.4, -0.2) is 40.5 Å². The van der Waals surface area contributed by atoms with Gasteiger partial charge in [-0.1, -0.05) is 6.92 Å². The fourth-order valence-electron chi connectivity index (χ4n) is 2.89. The molecule has 0 radical (unpaired) electrons. The van der Waals surface area contributed by atoms with Crippen LogP contribution in [0.3, 0.4) is 0 Å². The van der Waals surface area contributed by atoms with Crippen molar-refractivity contribution >= 4 is 11.3 Å². The molecule has 1 saturated heterocycles. The monoisotopic (exact) mass is 301 g/mol. The van der Waals surface area contributed by atoms with Crippen LogP contribution in [0.5, 0.6) is 0 Å². The molecule has 3 rings (SSSR count). The molecule has 1 aliphatic rings. The molecule has 0 spiro atoms. The Hall–Kier alpha value is -1.23. The molecule has 4 heteroatoms. The predicted molar refractivity (Wildman–Crippen MR) is 88.4 cm³/mol. The van der Waals surface area contributed by atoms with E-state index in [0.29, 0.717) is 6.04 Å². The number of aryl methyl sites for hydroxylation is 1. The summed E-state index contributed by atoms with van der Waals surface area (Å²) >= 11 is 1.88. The highest BCUT2D eigenvalue weighted by molar-refractivity contribution is 7.10. The molecule has 0 unspecified atom stereocenters. The normalized spacial score (nSPS) is 16.3. The maximum absolute atomic E-state index is 4.09. The Morgan fingerprint density at radius 2 is 2.05 bits per heavy atom. The first kappa shape index (κ1) is 14.7. The highest BCUT2D eigenvalue weighted by atomic mass is 32.1. The minimum absolute atomic E-state index is 0.698. The van der Waals surface area contributed by atoms with E-state index < -0.39 is 0 Å². The van der Waals surface area contributed by atoms with Crippen molar-refractivity contribution in [2.45, 2.75) is 33.0 Å². The van der Waals surface area contributed by atoms with Gasteiger partial charge >= 0.3 is 0 Å². The largest absolute Gasteiger partial charge is 0.295 e. The maximum atomic E-state index is 4.09. The second-order valence-electron chi connectivity index (χ2n) is 5.79. The lowest BCUT2D eigenvalue weighted by atomic mass is 10.1. The van der Waals surface area contributed by atoms with Crippen LogP contribution in [0.2, 0.25) is 0 Å². The Morgan fingerprint density at radius 1 is 1.29 bits per heavy atom. The van der Waals surface area contributed by atoms with Crippen LogP contribution in [0.25, 0.3) is 0 Å². The van der Waals surface area contributed by atoms with Gasteiger partial charge in [0.15, 0.2) is 0 Å². The van der Waals surface area contributed by atoms with Gasteiger partial charge in [-0.2, -0.15) is 0 Å². The molecule has 3 heterocycles. The summed E-state index contributed by atoms with van der Waals surface area (Å²) in [5.41, 5.74) is 2.80. The van der Waals surface area contributed by atoms with E-state index in [4.69, 9.17) is 0 Å². The molecule has 112 valence electrons. The Morgan fingerprint density at radius 3 is 2.67 bits per heavy atom. The predicted octanol–water partition coefficient (Wildman–Crippen LogP) is 3.16. The van der Waals surface area contributed by atoms with Gasteiger partial charge < -0.3 is 0 Å². The van der Waals surface area contributed by atoms with E-state index in [2.05, 4.69) is 52.2 Å². The first-order valence-corrected chi connectivity index (χ1v) is 8.52. The van der Waals surface area contributed by atoms with Crippen molar-refractivity contribution in [1.29, 1.82) is 0 Å². The highest BCUT2D eigenvalue weighted by Gasteiger charge is 2.31. The SMILES string of the molecule is CCN(Cc1ccncc1)C1CN(Cc2sccc2C)C1. The molecule has 0 bridgehead atoms. The van der Waals surface area contributed by atoms with E-state index in [-0.39, 0.29) is 0 Å². The average Bonchev–Trinajstić information content (AvgIpc) is 2.87. The van der Waals surface area contributed by atoms with Crippen molar-refractivity contribution in [1.82, 2.24) is 14.8 Å². The summed E-state index contributed by atoms with van der Waals surface area (Å²) in [4.78, 5) is 10.7. The molecule has 1 fully saturated rings. The van der Waals surface area contributed by atoms with Crippen molar-refractivity contribution in [2.75, 3.05) is 19.6 Å². The first-order valence-electron chi connectivity index (χ1n) is 7.64. The van der Waals surface area contributed by atoms with E-state index >= 15 is 0 Å². The Kier molecular flexibility index (Phi) is 4.68. The summed E-state index contributed by atoms with van der Waals surface area (Å²) in [7, 11) is 0. The minimum atomic E-state index is 0.698. The third-order valence-corrected chi connectivity index (χ3v) is 5.34. The fraction of sp³-hybridized carbons (Fsp3) is 0.471. The highest BCUT2D eigenvalue weighted by Crippen LogP contribution is 2.23. The van der Waals surface area contributed by atoms with E-state index in [1.807, 2.05) is 23.7 Å². The summed E-state index contributed by atoms with van der Waals surface area (Å²) in [5, 5.41) is 2.20. The minimum Gasteiger partial charge on any atom is -0.295 e. The molecule has 21 heavy (non-hydrogen) atoms. The number of thiophene rings is 1. The van der Waals surface area contributed by atoms with Crippen molar-refractivity contribution < 1.29 is 0 Å². The topological polar surface area (TPSA) is 19.4 Å². The quantitative estimate of drug-likeness (QED) is 0.817. The molecule has 0 amide bonds. The van der Waals surface area contributed by atoms with Crippen LogP contribution >= 0.6 is 11.3 Å². The number of likely N-dealkylation sites (N-methyl/N-ethyl adjacent to an activating group) is 1. The van der Waals surface area contributed by atoms with Gasteiger partial charge in [-0.05, 0) is 48.2 Å². The fourth-order valence-corrected chi connectivity index (χ4v) is 3.84. The third-order valence-electron chi connectivity index (χ3n) is 4.33. The summed E-state index contributed by atoms with van der Waals surface area (Å²) in [6.45, 7) is 10.1. The lowest BCUT2D eigenvalue weighted by Crippen LogP contribution is -2.58. The van der Waals surface area contributed by atoms with Gasteiger partial charge in [-0.25, -0.2) is 0 Å². The zero-order chi connectivity index (χ0) is 14.7. The van der Waals surface area contributed by atoms with Gasteiger partial charge in [-0.15, -0.1) is 11.3 Å². The van der Waals surface area contributed by atoms with E-state index in [9.17, 15) is 0 Å². The van der Waals surface area contributed by atoms with Gasteiger partial charge in [0.2, 0.25) is 0 Å². The lowest BCUT2D eigenvalue weighted by molar-refractivity contribution is 0.0274. The van der Waals surface area contributed by atoms with Crippen molar-refractivity contribution in [2.24, 2.45) is 0 Å². The molecule has 0 aromatic carbocycles. The molecule has 0 aliphatic carbocycles. The smallest absolute Gasteiger partial charge is 0.0354 e. The van der Waals surface area contributed by atoms with Crippen LogP contribution in [0, 0.1) is 6.92 Å². The number of rotatable bonds is 6. The second kappa shape index (κ2) is 6.69. The Balaban J connectivity index is 1.51. The van der Waals surface area contributed by atoms with Gasteiger partial charge in [-0.3, -0.25) is 14.8 Å².